The highest BCUT2D eigenvalue weighted by Crippen LogP contribution is 2.40. The van der Waals surface area contributed by atoms with Crippen molar-refractivity contribution in [3.8, 4) is 22.7 Å². The summed E-state index contributed by atoms with van der Waals surface area (Å²) in [5.74, 6) is 0.703. The third-order valence-electron chi connectivity index (χ3n) is 5.53. The van der Waals surface area contributed by atoms with Crippen LogP contribution in [0.3, 0.4) is 0 Å². The lowest BCUT2D eigenvalue weighted by molar-refractivity contribution is 0.375. The van der Waals surface area contributed by atoms with Crippen LogP contribution in [-0.2, 0) is 10.0 Å². The molecule has 0 spiro atoms. The van der Waals surface area contributed by atoms with Crippen molar-refractivity contribution >= 4 is 27.1 Å². The molecule has 168 valence electrons. The number of aromatic nitrogens is 2. The second-order valence-electron chi connectivity index (χ2n) is 7.76. The summed E-state index contributed by atoms with van der Waals surface area (Å²) in [5.41, 5.74) is 4.89. The van der Waals surface area contributed by atoms with E-state index >= 15 is 0 Å². The maximum absolute atomic E-state index is 12.7. The van der Waals surface area contributed by atoms with Gasteiger partial charge in [-0.2, -0.15) is 26.0 Å². The van der Waals surface area contributed by atoms with Crippen LogP contribution in [0.15, 0.2) is 82.7 Å². The van der Waals surface area contributed by atoms with Gasteiger partial charge in [0.05, 0.1) is 36.5 Å². The summed E-state index contributed by atoms with van der Waals surface area (Å²) in [5, 5.41) is 13.3. The minimum atomic E-state index is -3.60. The Hall–Kier alpha value is -3.43. The van der Waals surface area contributed by atoms with E-state index in [1.807, 2.05) is 77.6 Å². The molecular weight excluding hydrogens is 456 g/mol. The molecule has 1 aliphatic heterocycles. The van der Waals surface area contributed by atoms with Crippen molar-refractivity contribution in [1.82, 2.24) is 14.2 Å². The van der Waals surface area contributed by atoms with Gasteiger partial charge in [-0.05, 0) is 41.1 Å². The Labute approximate surface area is 196 Å². The molecule has 3 heterocycles. The molecule has 0 saturated heterocycles. The SMILES string of the molecule is COc1cccc(-c2nn(-c3ccccc3)cc2[C@@H]2CC(c3ccsc3)=NN2S(C)(=O)=O)c1. The standard InChI is InChI=1S/C24H22N4O3S2/c1-31-20-10-6-7-17(13-20)24-21(15-27(26-24)19-8-4-3-5-9-19)23-14-22(18-11-12-32-16-18)25-28(23)33(2,29)30/h3-13,15-16,23H,14H2,1-2H3/t23-/m0/s1. The normalized spacial score (nSPS) is 16.1. The lowest BCUT2D eigenvalue weighted by Crippen LogP contribution is -2.26. The third-order valence-corrected chi connectivity index (χ3v) is 7.23. The van der Waals surface area contributed by atoms with Crippen LogP contribution < -0.4 is 4.74 Å². The van der Waals surface area contributed by atoms with Gasteiger partial charge < -0.3 is 4.74 Å². The monoisotopic (exact) mass is 478 g/mol. The summed E-state index contributed by atoms with van der Waals surface area (Å²) >= 11 is 1.56. The summed E-state index contributed by atoms with van der Waals surface area (Å²) in [7, 11) is -1.99. The number of benzene rings is 2. The first-order valence-electron chi connectivity index (χ1n) is 10.3. The molecule has 1 aliphatic rings. The number of para-hydroxylation sites is 1. The molecular formula is C24H22N4O3S2. The first kappa shape index (κ1) is 21.4. The van der Waals surface area contributed by atoms with Crippen LogP contribution in [0.1, 0.15) is 23.6 Å². The molecule has 0 unspecified atom stereocenters. The van der Waals surface area contributed by atoms with Crippen molar-refractivity contribution in [2.24, 2.45) is 5.10 Å². The molecule has 0 fully saturated rings. The minimum absolute atomic E-state index is 0.460. The molecule has 0 amide bonds. The smallest absolute Gasteiger partial charge is 0.247 e. The first-order valence-corrected chi connectivity index (χ1v) is 13.1. The van der Waals surface area contributed by atoms with Crippen LogP contribution in [0, 0.1) is 0 Å². The number of hydrogen-bond acceptors (Lipinski definition) is 6. The molecule has 2 aromatic heterocycles. The van der Waals surface area contributed by atoms with Crippen molar-refractivity contribution in [2.75, 3.05) is 13.4 Å². The number of hydrogen-bond donors (Lipinski definition) is 0. The van der Waals surface area contributed by atoms with E-state index in [2.05, 4.69) is 5.10 Å². The molecule has 0 saturated carbocycles. The van der Waals surface area contributed by atoms with E-state index in [-0.39, 0.29) is 0 Å². The predicted octanol–water partition coefficient (Wildman–Crippen LogP) is 4.72. The van der Waals surface area contributed by atoms with Crippen molar-refractivity contribution in [3.05, 3.63) is 88.7 Å². The maximum atomic E-state index is 12.7. The number of methoxy groups -OCH3 is 1. The summed E-state index contributed by atoms with van der Waals surface area (Å²) in [6, 6.07) is 18.8. The Balaban J connectivity index is 1.66. The summed E-state index contributed by atoms with van der Waals surface area (Å²) in [6.45, 7) is 0. The van der Waals surface area contributed by atoms with Crippen molar-refractivity contribution < 1.29 is 13.2 Å². The van der Waals surface area contributed by atoms with Gasteiger partial charge in [-0.25, -0.2) is 13.1 Å². The van der Waals surface area contributed by atoms with Gasteiger partial charge >= 0.3 is 0 Å². The highest BCUT2D eigenvalue weighted by Gasteiger charge is 2.37. The average molecular weight is 479 g/mol. The van der Waals surface area contributed by atoms with Crippen LogP contribution in [-0.4, -0.2) is 41.7 Å². The van der Waals surface area contributed by atoms with E-state index in [1.54, 1.807) is 23.1 Å². The maximum Gasteiger partial charge on any atom is 0.247 e. The summed E-state index contributed by atoms with van der Waals surface area (Å²) in [6.07, 6.45) is 3.55. The van der Waals surface area contributed by atoms with Crippen LogP contribution in [0.2, 0.25) is 0 Å². The zero-order valence-electron chi connectivity index (χ0n) is 18.1. The highest BCUT2D eigenvalue weighted by molar-refractivity contribution is 7.88. The Morgan fingerprint density at radius 3 is 2.58 bits per heavy atom. The molecule has 2 aromatic carbocycles. The van der Waals surface area contributed by atoms with E-state index < -0.39 is 16.1 Å². The highest BCUT2D eigenvalue weighted by atomic mass is 32.2. The van der Waals surface area contributed by atoms with Crippen LogP contribution in [0.5, 0.6) is 5.75 Å². The quantitative estimate of drug-likeness (QED) is 0.402. The van der Waals surface area contributed by atoms with Crippen molar-refractivity contribution in [1.29, 1.82) is 0 Å². The number of ether oxygens (including phenoxy) is 1. The van der Waals surface area contributed by atoms with Crippen LogP contribution in [0.25, 0.3) is 16.9 Å². The van der Waals surface area contributed by atoms with Crippen molar-refractivity contribution in [2.45, 2.75) is 12.5 Å². The molecule has 7 nitrogen and oxygen atoms in total. The van der Waals surface area contributed by atoms with Gasteiger partial charge in [0, 0.05) is 29.3 Å². The lowest BCUT2D eigenvalue weighted by Gasteiger charge is -2.21. The Morgan fingerprint density at radius 2 is 1.88 bits per heavy atom. The Bertz CT molecular complexity index is 1410. The van der Waals surface area contributed by atoms with Gasteiger partial charge in [-0.15, -0.1) is 0 Å². The Kier molecular flexibility index (Phi) is 5.51. The lowest BCUT2D eigenvalue weighted by atomic mass is 9.98. The number of nitrogens with zero attached hydrogens (tertiary/aromatic N) is 4. The summed E-state index contributed by atoms with van der Waals surface area (Å²) in [4.78, 5) is 0. The van der Waals surface area contributed by atoms with Gasteiger partial charge in [-0.3, -0.25) is 0 Å². The minimum Gasteiger partial charge on any atom is -0.497 e. The zero-order chi connectivity index (χ0) is 23.0. The van der Waals surface area contributed by atoms with Crippen LogP contribution in [0.4, 0.5) is 0 Å². The van der Waals surface area contributed by atoms with Gasteiger partial charge in [0.15, 0.2) is 0 Å². The van der Waals surface area contributed by atoms with Crippen LogP contribution >= 0.6 is 11.3 Å². The molecule has 1 atom stereocenters. The molecule has 0 bridgehead atoms. The largest absolute Gasteiger partial charge is 0.497 e. The second-order valence-corrected chi connectivity index (χ2v) is 10.4. The number of hydrazone groups is 1. The van der Waals surface area contributed by atoms with Gasteiger partial charge in [-0.1, -0.05) is 30.3 Å². The Morgan fingerprint density at radius 1 is 1.06 bits per heavy atom. The van der Waals surface area contributed by atoms with Gasteiger partial charge in [0.2, 0.25) is 10.0 Å². The molecule has 9 heteroatoms. The molecule has 4 aromatic rings. The van der Waals surface area contributed by atoms with E-state index in [0.29, 0.717) is 17.9 Å². The fourth-order valence-electron chi connectivity index (χ4n) is 3.97. The van der Waals surface area contributed by atoms with E-state index in [9.17, 15) is 8.42 Å². The molecule has 33 heavy (non-hydrogen) atoms. The van der Waals surface area contributed by atoms with E-state index in [0.717, 1.165) is 28.1 Å². The predicted molar refractivity (Wildman–Crippen MR) is 130 cm³/mol. The fraction of sp³-hybridized carbons (Fsp3) is 0.167. The first-order chi connectivity index (χ1) is 15.9. The third kappa shape index (κ3) is 4.17. The van der Waals surface area contributed by atoms with Crippen molar-refractivity contribution in [3.63, 3.8) is 0 Å². The molecule has 0 N–H and O–H groups in total. The van der Waals surface area contributed by atoms with E-state index in [4.69, 9.17) is 9.84 Å². The van der Waals surface area contributed by atoms with E-state index in [1.165, 1.54) is 10.7 Å². The molecule has 5 rings (SSSR count). The second kappa shape index (κ2) is 8.49. The van der Waals surface area contributed by atoms with Gasteiger partial charge in [0.1, 0.15) is 5.75 Å². The van der Waals surface area contributed by atoms with Gasteiger partial charge in [0.25, 0.3) is 0 Å². The topological polar surface area (TPSA) is 76.8 Å². The zero-order valence-corrected chi connectivity index (χ0v) is 19.8. The number of sulfonamides is 1. The number of rotatable bonds is 6. The number of thiophene rings is 1. The average Bonchev–Trinajstić information content (AvgIpc) is 3.58. The molecule has 0 radical (unpaired) electrons. The fourth-order valence-corrected chi connectivity index (χ4v) is 5.53. The summed E-state index contributed by atoms with van der Waals surface area (Å²) < 4.78 is 33.9. The molecule has 0 aliphatic carbocycles.